The predicted octanol–water partition coefficient (Wildman–Crippen LogP) is 0.540. The standard InChI is InChI=1S/C9H13NO3/c1-3-7(5-11)10-8(4-2)6-13-9(10)12/h3-4,7-8,11H,1-2,5-6H2/t7-,8-/m0/s1. The van der Waals surface area contributed by atoms with Gasteiger partial charge in [-0.25, -0.2) is 4.79 Å². The maximum Gasteiger partial charge on any atom is 0.411 e. The molecule has 1 amide bonds. The van der Waals surface area contributed by atoms with Gasteiger partial charge in [0.2, 0.25) is 0 Å². The number of hydrogen-bond acceptors (Lipinski definition) is 3. The number of carbonyl (C=O) groups is 1. The molecule has 0 aromatic rings. The molecule has 0 spiro atoms. The van der Waals surface area contributed by atoms with Crippen LogP contribution in [0, 0.1) is 0 Å². The Bertz CT molecular complexity index is 227. The molecule has 0 saturated carbocycles. The Hall–Kier alpha value is -1.29. The van der Waals surface area contributed by atoms with Crippen molar-refractivity contribution in [3.63, 3.8) is 0 Å². The van der Waals surface area contributed by atoms with E-state index in [4.69, 9.17) is 9.84 Å². The number of amides is 1. The number of rotatable bonds is 4. The summed E-state index contributed by atoms with van der Waals surface area (Å²) in [5.74, 6) is 0. The predicted molar refractivity (Wildman–Crippen MR) is 48.2 cm³/mol. The van der Waals surface area contributed by atoms with E-state index >= 15 is 0 Å². The quantitative estimate of drug-likeness (QED) is 0.647. The first kappa shape index (κ1) is 9.80. The third-order valence-corrected chi connectivity index (χ3v) is 2.03. The molecule has 72 valence electrons. The van der Waals surface area contributed by atoms with Crippen molar-refractivity contribution in [3.8, 4) is 0 Å². The minimum atomic E-state index is -0.427. The molecule has 0 aromatic carbocycles. The van der Waals surface area contributed by atoms with Gasteiger partial charge in [-0.05, 0) is 0 Å². The van der Waals surface area contributed by atoms with E-state index in [1.807, 2.05) is 0 Å². The maximum absolute atomic E-state index is 11.2. The first-order valence-corrected chi connectivity index (χ1v) is 4.05. The lowest BCUT2D eigenvalue weighted by molar-refractivity contribution is 0.135. The SMILES string of the molecule is C=C[C@@H](CO)N1C(=O)OC[C@@H]1C=C. The summed E-state index contributed by atoms with van der Waals surface area (Å²) in [5.41, 5.74) is 0. The van der Waals surface area contributed by atoms with Crippen molar-refractivity contribution in [2.24, 2.45) is 0 Å². The number of aliphatic hydroxyl groups is 1. The van der Waals surface area contributed by atoms with Crippen molar-refractivity contribution in [2.75, 3.05) is 13.2 Å². The van der Waals surface area contributed by atoms with Gasteiger partial charge in [-0.2, -0.15) is 0 Å². The van der Waals surface area contributed by atoms with Crippen LogP contribution in [0.5, 0.6) is 0 Å². The summed E-state index contributed by atoms with van der Waals surface area (Å²) in [6, 6.07) is -0.555. The normalized spacial score (nSPS) is 23.9. The molecular weight excluding hydrogens is 170 g/mol. The summed E-state index contributed by atoms with van der Waals surface area (Å²) in [5, 5.41) is 8.96. The van der Waals surface area contributed by atoms with Crippen LogP contribution in [0.2, 0.25) is 0 Å². The van der Waals surface area contributed by atoms with E-state index in [1.54, 1.807) is 6.08 Å². The molecule has 0 unspecified atom stereocenters. The van der Waals surface area contributed by atoms with Gasteiger partial charge >= 0.3 is 6.09 Å². The second-order valence-corrected chi connectivity index (χ2v) is 2.77. The van der Waals surface area contributed by atoms with Gasteiger partial charge in [-0.15, -0.1) is 13.2 Å². The van der Waals surface area contributed by atoms with Crippen molar-refractivity contribution in [1.29, 1.82) is 0 Å². The Labute approximate surface area is 77.1 Å². The van der Waals surface area contributed by atoms with Crippen LogP contribution in [0.1, 0.15) is 0 Å². The maximum atomic E-state index is 11.2. The average Bonchev–Trinajstić information content (AvgIpc) is 2.51. The molecule has 4 heteroatoms. The Morgan fingerprint density at radius 2 is 2.46 bits per heavy atom. The monoisotopic (exact) mass is 183 g/mol. The zero-order valence-electron chi connectivity index (χ0n) is 7.35. The zero-order chi connectivity index (χ0) is 9.84. The molecule has 1 aliphatic rings. The van der Waals surface area contributed by atoms with Gasteiger partial charge in [0, 0.05) is 0 Å². The molecule has 1 fully saturated rings. The summed E-state index contributed by atoms with van der Waals surface area (Å²) < 4.78 is 4.81. The van der Waals surface area contributed by atoms with Crippen molar-refractivity contribution in [1.82, 2.24) is 4.90 Å². The molecule has 1 rings (SSSR count). The largest absolute Gasteiger partial charge is 0.447 e. The highest BCUT2D eigenvalue weighted by molar-refractivity contribution is 5.71. The molecule has 0 bridgehead atoms. The zero-order valence-corrected chi connectivity index (χ0v) is 7.35. The molecule has 1 heterocycles. The Balaban J connectivity index is 2.78. The van der Waals surface area contributed by atoms with Crippen LogP contribution in [-0.4, -0.2) is 41.4 Å². The highest BCUT2D eigenvalue weighted by atomic mass is 16.6. The molecule has 0 radical (unpaired) electrons. The molecule has 13 heavy (non-hydrogen) atoms. The van der Waals surface area contributed by atoms with Crippen molar-refractivity contribution in [3.05, 3.63) is 25.3 Å². The summed E-state index contributed by atoms with van der Waals surface area (Å²) in [4.78, 5) is 12.6. The van der Waals surface area contributed by atoms with Crippen molar-refractivity contribution >= 4 is 6.09 Å². The van der Waals surface area contributed by atoms with Gasteiger partial charge in [0.1, 0.15) is 6.61 Å². The van der Waals surface area contributed by atoms with E-state index in [-0.39, 0.29) is 12.6 Å². The van der Waals surface area contributed by atoms with Crippen LogP contribution < -0.4 is 0 Å². The summed E-state index contributed by atoms with van der Waals surface area (Å²) >= 11 is 0. The highest BCUT2D eigenvalue weighted by Gasteiger charge is 2.34. The number of cyclic esters (lactones) is 1. The van der Waals surface area contributed by atoms with E-state index in [2.05, 4.69) is 13.2 Å². The lowest BCUT2D eigenvalue weighted by Gasteiger charge is -2.24. The molecule has 0 aromatic heterocycles. The fraction of sp³-hybridized carbons (Fsp3) is 0.444. The van der Waals surface area contributed by atoms with Crippen LogP contribution in [0.25, 0.3) is 0 Å². The van der Waals surface area contributed by atoms with Crippen molar-refractivity contribution < 1.29 is 14.6 Å². The molecule has 1 N–H and O–H groups in total. The molecule has 1 saturated heterocycles. The molecule has 0 aliphatic carbocycles. The number of hydrogen-bond donors (Lipinski definition) is 1. The molecule has 2 atom stereocenters. The van der Waals surface area contributed by atoms with Gasteiger partial charge in [0.05, 0.1) is 18.7 Å². The van der Waals surface area contributed by atoms with Gasteiger partial charge < -0.3 is 9.84 Å². The molecule has 4 nitrogen and oxygen atoms in total. The minimum Gasteiger partial charge on any atom is -0.447 e. The van der Waals surface area contributed by atoms with Crippen LogP contribution in [0.15, 0.2) is 25.3 Å². The van der Waals surface area contributed by atoms with Gasteiger partial charge in [0.25, 0.3) is 0 Å². The topological polar surface area (TPSA) is 49.8 Å². The van der Waals surface area contributed by atoms with Gasteiger partial charge in [0.15, 0.2) is 0 Å². The second-order valence-electron chi connectivity index (χ2n) is 2.77. The van der Waals surface area contributed by atoms with Crippen molar-refractivity contribution in [2.45, 2.75) is 12.1 Å². The Morgan fingerprint density at radius 3 is 2.92 bits per heavy atom. The fourth-order valence-corrected chi connectivity index (χ4v) is 1.29. The summed E-state index contributed by atoms with van der Waals surface area (Å²) in [7, 11) is 0. The van der Waals surface area contributed by atoms with Crippen LogP contribution in [-0.2, 0) is 4.74 Å². The molecular formula is C9H13NO3. The number of nitrogens with zero attached hydrogens (tertiary/aromatic N) is 1. The third kappa shape index (κ3) is 1.72. The van der Waals surface area contributed by atoms with Gasteiger partial charge in [-0.3, -0.25) is 4.90 Å². The second kappa shape index (κ2) is 4.09. The Kier molecular flexibility index (Phi) is 3.08. The fourth-order valence-electron chi connectivity index (χ4n) is 1.29. The lowest BCUT2D eigenvalue weighted by Crippen LogP contribution is -2.42. The minimum absolute atomic E-state index is 0.150. The first-order chi connectivity index (χ1) is 6.24. The summed E-state index contributed by atoms with van der Waals surface area (Å²) in [6.45, 7) is 7.27. The van der Waals surface area contributed by atoms with E-state index in [9.17, 15) is 4.79 Å². The number of ether oxygens (including phenoxy) is 1. The van der Waals surface area contributed by atoms with Gasteiger partial charge in [-0.1, -0.05) is 12.2 Å². The van der Waals surface area contributed by atoms with Crippen LogP contribution in [0.3, 0.4) is 0 Å². The molecule has 1 aliphatic heterocycles. The summed E-state index contributed by atoms with van der Waals surface area (Å²) in [6.07, 6.45) is 2.71. The van der Waals surface area contributed by atoms with Crippen LogP contribution in [0.4, 0.5) is 4.79 Å². The number of aliphatic hydroxyl groups excluding tert-OH is 1. The number of carbonyl (C=O) groups excluding carboxylic acids is 1. The smallest absolute Gasteiger partial charge is 0.411 e. The van der Waals surface area contributed by atoms with E-state index in [1.165, 1.54) is 11.0 Å². The third-order valence-electron chi connectivity index (χ3n) is 2.03. The first-order valence-electron chi connectivity index (χ1n) is 4.05. The Morgan fingerprint density at radius 1 is 1.77 bits per heavy atom. The van der Waals surface area contributed by atoms with E-state index in [0.717, 1.165) is 0 Å². The highest BCUT2D eigenvalue weighted by Crippen LogP contribution is 2.17. The lowest BCUT2D eigenvalue weighted by atomic mass is 10.2. The average molecular weight is 183 g/mol. The van der Waals surface area contributed by atoms with Crippen LogP contribution >= 0.6 is 0 Å². The van der Waals surface area contributed by atoms with E-state index < -0.39 is 12.1 Å². The van der Waals surface area contributed by atoms with E-state index in [0.29, 0.717) is 6.61 Å².